The molecule has 2 heterocycles. The fourth-order valence-corrected chi connectivity index (χ4v) is 3.51. The summed E-state index contributed by atoms with van der Waals surface area (Å²) in [5, 5.41) is 1.16. The molecule has 0 atom stereocenters. The number of likely N-dealkylation sites (tertiary alicyclic amines) is 1. The van der Waals surface area contributed by atoms with Crippen molar-refractivity contribution in [3.63, 3.8) is 0 Å². The molecule has 0 bridgehead atoms. The quantitative estimate of drug-likeness (QED) is 0.861. The van der Waals surface area contributed by atoms with Crippen LogP contribution in [0, 0.1) is 12.8 Å². The molecule has 1 aromatic heterocycles. The van der Waals surface area contributed by atoms with Crippen molar-refractivity contribution in [2.24, 2.45) is 11.7 Å². The van der Waals surface area contributed by atoms with E-state index < -0.39 is 0 Å². The SMILES string of the molecule is Cc1nc(CCN2CCC(C)CC2)sc1C(N)=S. The Kier molecular flexibility index (Phi) is 4.70. The Labute approximate surface area is 118 Å². The first-order chi connectivity index (χ1) is 8.56. The van der Waals surface area contributed by atoms with E-state index in [0.717, 1.165) is 34.5 Å². The minimum atomic E-state index is 0.475. The molecular weight excluding hydrogens is 262 g/mol. The van der Waals surface area contributed by atoms with Gasteiger partial charge in [-0.05, 0) is 38.8 Å². The first kappa shape index (κ1) is 13.9. The molecule has 0 aromatic carbocycles. The average molecular weight is 283 g/mol. The zero-order valence-corrected chi connectivity index (χ0v) is 12.7. The molecule has 1 saturated heterocycles. The highest BCUT2D eigenvalue weighted by Gasteiger charge is 2.16. The lowest BCUT2D eigenvalue weighted by Gasteiger charge is -2.29. The molecule has 2 rings (SSSR count). The second-order valence-electron chi connectivity index (χ2n) is 5.16. The number of nitrogens with zero attached hydrogens (tertiary/aromatic N) is 2. The molecule has 1 fully saturated rings. The number of thiazole rings is 1. The summed E-state index contributed by atoms with van der Waals surface area (Å²) in [5.74, 6) is 0.893. The maximum absolute atomic E-state index is 5.67. The van der Waals surface area contributed by atoms with Gasteiger partial charge in [-0.15, -0.1) is 11.3 Å². The van der Waals surface area contributed by atoms with Crippen LogP contribution in [0.5, 0.6) is 0 Å². The van der Waals surface area contributed by atoms with Gasteiger partial charge >= 0.3 is 0 Å². The number of hydrogen-bond acceptors (Lipinski definition) is 4. The van der Waals surface area contributed by atoms with Crippen molar-refractivity contribution in [1.82, 2.24) is 9.88 Å². The van der Waals surface area contributed by atoms with Gasteiger partial charge in [0.25, 0.3) is 0 Å². The Bertz CT molecular complexity index is 420. The number of aromatic nitrogens is 1. The lowest BCUT2D eigenvalue weighted by Crippen LogP contribution is -2.34. The van der Waals surface area contributed by atoms with Crippen molar-refractivity contribution in [3.05, 3.63) is 15.6 Å². The van der Waals surface area contributed by atoms with Crippen LogP contribution in [0.2, 0.25) is 0 Å². The largest absolute Gasteiger partial charge is 0.389 e. The summed E-state index contributed by atoms with van der Waals surface area (Å²) in [5.41, 5.74) is 6.65. The van der Waals surface area contributed by atoms with Gasteiger partial charge in [-0.25, -0.2) is 4.98 Å². The summed E-state index contributed by atoms with van der Waals surface area (Å²) in [6, 6.07) is 0. The number of hydrogen-bond donors (Lipinski definition) is 1. The van der Waals surface area contributed by atoms with Gasteiger partial charge in [0.15, 0.2) is 0 Å². The van der Waals surface area contributed by atoms with Crippen LogP contribution in [0.1, 0.15) is 35.3 Å². The monoisotopic (exact) mass is 283 g/mol. The normalized spacial score (nSPS) is 18.1. The van der Waals surface area contributed by atoms with Gasteiger partial charge in [-0.2, -0.15) is 0 Å². The van der Waals surface area contributed by atoms with Crippen LogP contribution in [0.4, 0.5) is 0 Å². The van der Waals surface area contributed by atoms with Crippen LogP contribution in [-0.2, 0) is 6.42 Å². The molecular formula is C13H21N3S2. The van der Waals surface area contributed by atoms with E-state index in [1.807, 2.05) is 6.92 Å². The summed E-state index contributed by atoms with van der Waals surface area (Å²) >= 11 is 6.68. The predicted octanol–water partition coefficient (Wildman–Crippen LogP) is 2.36. The van der Waals surface area contributed by atoms with Crippen molar-refractivity contribution in [2.75, 3.05) is 19.6 Å². The van der Waals surface area contributed by atoms with E-state index in [1.54, 1.807) is 11.3 Å². The maximum Gasteiger partial charge on any atom is 0.116 e. The minimum absolute atomic E-state index is 0.475. The van der Waals surface area contributed by atoms with Crippen LogP contribution in [-0.4, -0.2) is 34.5 Å². The third-order valence-corrected chi connectivity index (χ3v) is 5.17. The molecule has 1 aliphatic heterocycles. The first-order valence-electron chi connectivity index (χ1n) is 6.54. The summed E-state index contributed by atoms with van der Waals surface area (Å²) < 4.78 is 0. The molecule has 0 amide bonds. The Morgan fingerprint density at radius 2 is 2.17 bits per heavy atom. The molecule has 2 N–H and O–H groups in total. The van der Waals surface area contributed by atoms with E-state index in [4.69, 9.17) is 18.0 Å². The second kappa shape index (κ2) is 6.08. The molecule has 3 nitrogen and oxygen atoms in total. The topological polar surface area (TPSA) is 42.2 Å². The number of nitrogens with two attached hydrogens (primary N) is 1. The number of rotatable bonds is 4. The highest BCUT2D eigenvalue weighted by molar-refractivity contribution is 7.81. The van der Waals surface area contributed by atoms with E-state index in [1.165, 1.54) is 25.9 Å². The fraction of sp³-hybridized carbons (Fsp3) is 0.692. The van der Waals surface area contributed by atoms with Crippen LogP contribution >= 0.6 is 23.6 Å². The standard InChI is InChI=1S/C13H21N3S2/c1-9-3-6-16(7-4-9)8-5-11-15-10(2)12(18-11)13(14)17/h9H,3-8H2,1-2H3,(H2,14,17). The second-order valence-corrected chi connectivity index (χ2v) is 6.68. The molecule has 0 aliphatic carbocycles. The van der Waals surface area contributed by atoms with Gasteiger partial charge in [-0.1, -0.05) is 19.1 Å². The van der Waals surface area contributed by atoms with E-state index >= 15 is 0 Å². The third-order valence-electron chi connectivity index (χ3n) is 3.58. The lowest BCUT2D eigenvalue weighted by atomic mass is 9.99. The third kappa shape index (κ3) is 3.49. The Balaban J connectivity index is 1.86. The Morgan fingerprint density at radius 1 is 1.50 bits per heavy atom. The molecule has 0 unspecified atom stereocenters. The smallest absolute Gasteiger partial charge is 0.116 e. The molecule has 0 saturated carbocycles. The van der Waals surface area contributed by atoms with Crippen molar-refractivity contribution in [1.29, 1.82) is 0 Å². The van der Waals surface area contributed by atoms with Crippen LogP contribution in [0.25, 0.3) is 0 Å². The highest BCUT2D eigenvalue weighted by Crippen LogP contribution is 2.20. The highest BCUT2D eigenvalue weighted by atomic mass is 32.1. The van der Waals surface area contributed by atoms with Crippen LogP contribution < -0.4 is 5.73 Å². The van der Waals surface area contributed by atoms with Crippen molar-refractivity contribution in [3.8, 4) is 0 Å². The predicted molar refractivity (Wildman–Crippen MR) is 81.3 cm³/mol. The zero-order valence-electron chi connectivity index (χ0n) is 11.1. The maximum atomic E-state index is 5.67. The van der Waals surface area contributed by atoms with Gasteiger partial charge in [-0.3, -0.25) is 0 Å². The van der Waals surface area contributed by atoms with Gasteiger partial charge in [0.2, 0.25) is 0 Å². The average Bonchev–Trinajstić information content (AvgIpc) is 2.70. The van der Waals surface area contributed by atoms with Gasteiger partial charge in [0.1, 0.15) is 4.99 Å². The molecule has 1 aliphatic rings. The zero-order chi connectivity index (χ0) is 13.1. The van der Waals surface area contributed by atoms with Crippen molar-refractivity contribution in [2.45, 2.75) is 33.1 Å². The summed E-state index contributed by atoms with van der Waals surface area (Å²) in [6.07, 6.45) is 3.67. The molecule has 18 heavy (non-hydrogen) atoms. The first-order valence-corrected chi connectivity index (χ1v) is 7.77. The van der Waals surface area contributed by atoms with Crippen LogP contribution in [0.3, 0.4) is 0 Å². The molecule has 0 spiro atoms. The number of thiocarbonyl (C=S) groups is 1. The Morgan fingerprint density at radius 3 is 2.72 bits per heavy atom. The van der Waals surface area contributed by atoms with Crippen molar-refractivity contribution >= 4 is 28.5 Å². The van der Waals surface area contributed by atoms with E-state index in [-0.39, 0.29) is 0 Å². The van der Waals surface area contributed by atoms with E-state index in [0.29, 0.717) is 4.99 Å². The number of piperidine rings is 1. The van der Waals surface area contributed by atoms with Gasteiger partial charge in [0.05, 0.1) is 15.6 Å². The molecule has 5 heteroatoms. The fourth-order valence-electron chi connectivity index (χ4n) is 2.33. The minimum Gasteiger partial charge on any atom is -0.389 e. The van der Waals surface area contributed by atoms with Crippen LogP contribution in [0.15, 0.2) is 0 Å². The van der Waals surface area contributed by atoms with Crippen molar-refractivity contribution < 1.29 is 0 Å². The summed E-state index contributed by atoms with van der Waals surface area (Å²) in [4.78, 5) is 8.55. The lowest BCUT2D eigenvalue weighted by molar-refractivity contribution is 0.194. The van der Waals surface area contributed by atoms with E-state index in [9.17, 15) is 0 Å². The van der Waals surface area contributed by atoms with Gasteiger partial charge < -0.3 is 10.6 Å². The summed E-state index contributed by atoms with van der Waals surface area (Å²) in [6.45, 7) is 7.89. The summed E-state index contributed by atoms with van der Waals surface area (Å²) in [7, 11) is 0. The number of aryl methyl sites for hydroxylation is 1. The molecule has 100 valence electrons. The van der Waals surface area contributed by atoms with Gasteiger partial charge in [0, 0.05) is 13.0 Å². The van der Waals surface area contributed by atoms with E-state index in [2.05, 4.69) is 16.8 Å². The molecule has 0 radical (unpaired) electrons. The molecule has 1 aromatic rings. The Hall–Kier alpha value is -0.520.